The first-order valence-electron chi connectivity index (χ1n) is 13.3. The molecule has 0 spiro atoms. The lowest BCUT2D eigenvalue weighted by Crippen LogP contribution is -2.52. The maximum Gasteiger partial charge on any atom is 0.270 e. The van der Waals surface area contributed by atoms with Crippen LogP contribution in [0.2, 0.25) is 0 Å². The van der Waals surface area contributed by atoms with E-state index >= 15 is 0 Å². The number of piperidine rings is 3. The lowest BCUT2D eigenvalue weighted by molar-refractivity contribution is -0.134. The van der Waals surface area contributed by atoms with E-state index in [1.165, 1.54) is 6.07 Å². The highest BCUT2D eigenvalue weighted by molar-refractivity contribution is 6.03. The summed E-state index contributed by atoms with van der Waals surface area (Å²) in [5.41, 5.74) is 2.12. The molecule has 3 aliphatic heterocycles. The number of carbonyl (C=O) groups is 3. The van der Waals surface area contributed by atoms with E-state index in [1.54, 1.807) is 18.3 Å². The summed E-state index contributed by atoms with van der Waals surface area (Å²) in [6, 6.07) is 10.0. The molecule has 0 radical (unpaired) electrons. The van der Waals surface area contributed by atoms with Gasteiger partial charge in [0, 0.05) is 32.3 Å². The number of anilines is 1. The van der Waals surface area contributed by atoms with Crippen LogP contribution in [0.1, 0.15) is 60.5 Å². The van der Waals surface area contributed by atoms with Gasteiger partial charge in [-0.15, -0.1) is 0 Å². The second-order valence-electron chi connectivity index (χ2n) is 10.4. The van der Waals surface area contributed by atoms with Crippen molar-refractivity contribution in [3.05, 3.63) is 59.7 Å². The zero-order chi connectivity index (χ0) is 25.8. The van der Waals surface area contributed by atoms with Crippen LogP contribution in [0.3, 0.4) is 0 Å². The fourth-order valence-electron chi connectivity index (χ4n) is 5.72. The summed E-state index contributed by atoms with van der Waals surface area (Å²) < 4.78 is 14.1. The molecule has 3 amide bonds. The zero-order valence-electron chi connectivity index (χ0n) is 21.0. The van der Waals surface area contributed by atoms with Gasteiger partial charge < -0.3 is 15.1 Å². The number of nitrogens with one attached hydrogen (secondary N) is 2. The molecule has 2 aromatic rings. The third-order valence-electron chi connectivity index (χ3n) is 7.95. The van der Waals surface area contributed by atoms with E-state index in [-0.39, 0.29) is 23.8 Å². The van der Waals surface area contributed by atoms with Gasteiger partial charge in [0.1, 0.15) is 17.6 Å². The number of imide groups is 1. The maximum atomic E-state index is 14.1. The van der Waals surface area contributed by atoms with Crippen LogP contribution in [0.5, 0.6) is 0 Å². The Labute approximate surface area is 216 Å². The van der Waals surface area contributed by atoms with Crippen LogP contribution in [0.15, 0.2) is 42.6 Å². The quantitative estimate of drug-likeness (QED) is 0.584. The molecule has 196 valence electrons. The second-order valence-corrected chi connectivity index (χ2v) is 10.4. The number of aromatic nitrogens is 1. The molecule has 3 saturated heterocycles. The van der Waals surface area contributed by atoms with Crippen molar-refractivity contribution in [1.82, 2.24) is 20.5 Å². The lowest BCUT2D eigenvalue weighted by atomic mass is 9.89. The molecule has 1 unspecified atom stereocenters. The number of rotatable bonds is 6. The molecule has 5 rings (SSSR count). The van der Waals surface area contributed by atoms with Gasteiger partial charge in [-0.25, -0.2) is 4.39 Å². The number of halogens is 1. The topological polar surface area (TPSA) is 94.6 Å². The van der Waals surface area contributed by atoms with E-state index in [4.69, 9.17) is 0 Å². The number of benzene rings is 1. The molecule has 8 nitrogen and oxygen atoms in total. The van der Waals surface area contributed by atoms with Crippen LogP contribution >= 0.6 is 0 Å². The Bertz CT molecular complexity index is 1120. The number of para-hydroxylation sites is 1. The fraction of sp³-hybridized carbons (Fsp3) is 0.500. The molecule has 0 bridgehead atoms. The molecular formula is C28H34FN5O3. The zero-order valence-corrected chi connectivity index (χ0v) is 21.0. The van der Waals surface area contributed by atoms with E-state index < -0.39 is 17.9 Å². The number of hydrogen-bond donors (Lipinski definition) is 2. The maximum absolute atomic E-state index is 14.1. The van der Waals surface area contributed by atoms with Crippen molar-refractivity contribution in [3.63, 3.8) is 0 Å². The summed E-state index contributed by atoms with van der Waals surface area (Å²) in [4.78, 5) is 44.7. The number of carbonyl (C=O) groups excluding carboxylic acids is 3. The molecule has 0 saturated carbocycles. The van der Waals surface area contributed by atoms with Crippen LogP contribution in [0.25, 0.3) is 0 Å². The Morgan fingerprint density at radius 3 is 2.43 bits per heavy atom. The monoisotopic (exact) mass is 507 g/mol. The van der Waals surface area contributed by atoms with Gasteiger partial charge in [0.25, 0.3) is 5.91 Å². The van der Waals surface area contributed by atoms with E-state index in [0.29, 0.717) is 18.3 Å². The Balaban J connectivity index is 1.06. The Morgan fingerprint density at radius 2 is 1.76 bits per heavy atom. The fourth-order valence-corrected chi connectivity index (χ4v) is 5.72. The molecule has 1 aromatic carbocycles. The van der Waals surface area contributed by atoms with E-state index in [9.17, 15) is 18.8 Å². The van der Waals surface area contributed by atoms with Crippen LogP contribution in [-0.2, 0) is 9.59 Å². The average Bonchev–Trinajstić information content (AvgIpc) is 2.92. The first-order valence-corrected chi connectivity index (χ1v) is 13.3. The molecular weight excluding hydrogens is 473 g/mol. The number of pyridine rings is 1. The van der Waals surface area contributed by atoms with Gasteiger partial charge in [0.05, 0.1) is 5.69 Å². The van der Waals surface area contributed by atoms with E-state index in [2.05, 4.69) is 25.4 Å². The van der Waals surface area contributed by atoms with Gasteiger partial charge in [-0.1, -0.05) is 18.2 Å². The molecule has 0 aliphatic carbocycles. The molecule has 3 aliphatic rings. The van der Waals surface area contributed by atoms with E-state index in [1.807, 2.05) is 18.2 Å². The van der Waals surface area contributed by atoms with Crippen LogP contribution in [0, 0.1) is 11.7 Å². The molecule has 1 atom stereocenters. The van der Waals surface area contributed by atoms with Crippen LogP contribution in [-0.4, -0.2) is 66.4 Å². The Kier molecular flexibility index (Phi) is 7.79. The van der Waals surface area contributed by atoms with Gasteiger partial charge in [0.15, 0.2) is 0 Å². The van der Waals surface area contributed by atoms with Crippen LogP contribution in [0.4, 0.5) is 10.1 Å². The van der Waals surface area contributed by atoms with Crippen molar-refractivity contribution in [1.29, 1.82) is 0 Å². The van der Waals surface area contributed by atoms with Crippen molar-refractivity contribution >= 4 is 23.4 Å². The number of nitrogens with zero attached hydrogens (tertiary/aromatic N) is 3. The van der Waals surface area contributed by atoms with Crippen LogP contribution < -0.4 is 15.5 Å². The summed E-state index contributed by atoms with van der Waals surface area (Å²) in [7, 11) is 0. The van der Waals surface area contributed by atoms with Gasteiger partial charge in [0.2, 0.25) is 11.8 Å². The summed E-state index contributed by atoms with van der Waals surface area (Å²) in [6.45, 7) is 4.97. The van der Waals surface area contributed by atoms with Gasteiger partial charge in [-0.3, -0.25) is 24.7 Å². The van der Waals surface area contributed by atoms with Gasteiger partial charge in [-0.05, 0) is 80.8 Å². The van der Waals surface area contributed by atoms with E-state index in [0.717, 1.165) is 69.7 Å². The Hall–Kier alpha value is -3.33. The SMILES string of the molecule is O=C1CCC(NC(=O)c2ccc(C3CCN(CC4CCN(c5ccccc5F)CC4)CC3)cn2)C(=O)N1. The smallest absolute Gasteiger partial charge is 0.270 e. The van der Waals surface area contributed by atoms with Gasteiger partial charge in [-0.2, -0.15) is 0 Å². The number of hydrogen-bond acceptors (Lipinski definition) is 6. The largest absolute Gasteiger partial charge is 0.369 e. The third-order valence-corrected chi connectivity index (χ3v) is 7.95. The van der Waals surface area contributed by atoms with Crippen molar-refractivity contribution in [2.24, 2.45) is 5.92 Å². The number of amides is 3. The van der Waals surface area contributed by atoms with Crippen molar-refractivity contribution in [3.8, 4) is 0 Å². The predicted molar refractivity (Wildman–Crippen MR) is 138 cm³/mol. The first kappa shape index (κ1) is 25.3. The van der Waals surface area contributed by atoms with Crippen molar-refractivity contribution in [2.45, 2.75) is 50.5 Å². The summed E-state index contributed by atoms with van der Waals surface area (Å²) in [5.74, 6) is -0.266. The molecule has 9 heteroatoms. The summed E-state index contributed by atoms with van der Waals surface area (Å²) in [5, 5.41) is 4.92. The Morgan fingerprint density at radius 1 is 1.00 bits per heavy atom. The molecule has 2 N–H and O–H groups in total. The third kappa shape index (κ3) is 6.15. The second kappa shape index (κ2) is 11.4. The summed E-state index contributed by atoms with van der Waals surface area (Å²) in [6.07, 6.45) is 6.57. The summed E-state index contributed by atoms with van der Waals surface area (Å²) >= 11 is 0. The molecule has 1 aromatic heterocycles. The highest BCUT2D eigenvalue weighted by Gasteiger charge is 2.29. The minimum absolute atomic E-state index is 0.138. The minimum atomic E-state index is -0.706. The average molecular weight is 508 g/mol. The molecule has 37 heavy (non-hydrogen) atoms. The molecule has 4 heterocycles. The minimum Gasteiger partial charge on any atom is -0.369 e. The van der Waals surface area contributed by atoms with Gasteiger partial charge >= 0.3 is 0 Å². The predicted octanol–water partition coefficient (Wildman–Crippen LogP) is 2.85. The lowest BCUT2D eigenvalue weighted by Gasteiger charge is -2.38. The van der Waals surface area contributed by atoms with Crippen molar-refractivity contribution in [2.75, 3.05) is 37.6 Å². The molecule has 3 fully saturated rings. The first-order chi connectivity index (χ1) is 18.0. The van der Waals surface area contributed by atoms with Crippen molar-refractivity contribution < 1.29 is 18.8 Å². The standard InChI is InChI=1S/C28H34FN5O3/c29-22-3-1-2-4-25(22)34-15-9-19(10-16-34)18-33-13-11-20(12-14-33)21-5-6-23(30-17-21)27(36)31-24-7-8-26(35)32-28(24)37/h1-6,17,19-20,24H,7-16,18H2,(H,31,36)(H,32,35,37). The normalized spacial score (nSPS) is 22.1. The highest BCUT2D eigenvalue weighted by atomic mass is 19.1. The number of likely N-dealkylation sites (tertiary alicyclic amines) is 1. The highest BCUT2D eigenvalue weighted by Crippen LogP contribution is 2.30.